The highest BCUT2D eigenvalue weighted by atomic mass is 16.1. The van der Waals surface area contributed by atoms with Crippen LogP contribution in [0, 0.1) is 0 Å². The number of carbonyl (C=O) groups excluding carboxylic acids is 1. The zero-order valence-electron chi connectivity index (χ0n) is 12.0. The molecule has 0 radical (unpaired) electrons. The molecule has 0 bridgehead atoms. The number of nitrogen functional groups attached to an aromatic ring is 1. The standard InChI is InChI=1S/C16H25N3O/c17-15-10-6-5-9-14(15)16(20)19-12-11-18-13-7-3-1-2-4-8-13/h5-6,9-10,13,18H,1-4,7-8,11-12,17H2,(H,19,20). The maximum Gasteiger partial charge on any atom is 0.253 e. The van der Waals surface area contributed by atoms with Gasteiger partial charge in [-0.05, 0) is 25.0 Å². The molecule has 1 amide bonds. The van der Waals surface area contributed by atoms with Crippen LogP contribution in [0.1, 0.15) is 48.9 Å². The molecule has 4 nitrogen and oxygen atoms in total. The fourth-order valence-corrected chi connectivity index (χ4v) is 2.73. The lowest BCUT2D eigenvalue weighted by Gasteiger charge is -2.16. The van der Waals surface area contributed by atoms with E-state index in [0.717, 1.165) is 6.54 Å². The SMILES string of the molecule is Nc1ccccc1C(=O)NCCNC1CCCCCC1. The Morgan fingerprint density at radius 3 is 2.50 bits per heavy atom. The Morgan fingerprint density at radius 1 is 1.10 bits per heavy atom. The van der Waals surface area contributed by atoms with Gasteiger partial charge in [0, 0.05) is 24.8 Å². The molecule has 1 fully saturated rings. The van der Waals surface area contributed by atoms with Crippen LogP contribution in [0.5, 0.6) is 0 Å². The van der Waals surface area contributed by atoms with Crippen LogP contribution in [-0.2, 0) is 0 Å². The molecule has 0 heterocycles. The maximum atomic E-state index is 12.0. The molecule has 20 heavy (non-hydrogen) atoms. The second-order valence-corrected chi connectivity index (χ2v) is 5.49. The molecule has 4 heteroatoms. The van der Waals surface area contributed by atoms with E-state index in [1.807, 2.05) is 12.1 Å². The van der Waals surface area contributed by atoms with Crippen LogP contribution in [0.25, 0.3) is 0 Å². The number of nitrogens with one attached hydrogen (secondary N) is 2. The van der Waals surface area contributed by atoms with Gasteiger partial charge >= 0.3 is 0 Å². The van der Waals surface area contributed by atoms with Crippen molar-refractivity contribution in [1.82, 2.24) is 10.6 Å². The van der Waals surface area contributed by atoms with Crippen molar-refractivity contribution in [2.24, 2.45) is 0 Å². The molecule has 1 aliphatic rings. The van der Waals surface area contributed by atoms with Crippen molar-refractivity contribution in [3.63, 3.8) is 0 Å². The van der Waals surface area contributed by atoms with Gasteiger partial charge in [0.1, 0.15) is 0 Å². The summed E-state index contributed by atoms with van der Waals surface area (Å²) < 4.78 is 0. The first-order valence-corrected chi connectivity index (χ1v) is 7.63. The summed E-state index contributed by atoms with van der Waals surface area (Å²) >= 11 is 0. The second kappa shape index (κ2) is 7.90. The van der Waals surface area contributed by atoms with Gasteiger partial charge in [0.15, 0.2) is 0 Å². The van der Waals surface area contributed by atoms with Crippen molar-refractivity contribution in [3.05, 3.63) is 29.8 Å². The van der Waals surface area contributed by atoms with Crippen molar-refractivity contribution < 1.29 is 4.79 Å². The first-order chi connectivity index (χ1) is 9.77. The van der Waals surface area contributed by atoms with Gasteiger partial charge in [0.05, 0.1) is 5.56 Å². The number of rotatable bonds is 5. The molecule has 110 valence electrons. The fourth-order valence-electron chi connectivity index (χ4n) is 2.73. The molecule has 0 spiro atoms. The van der Waals surface area contributed by atoms with E-state index in [1.54, 1.807) is 12.1 Å². The summed E-state index contributed by atoms with van der Waals surface area (Å²) in [5.41, 5.74) is 6.87. The minimum absolute atomic E-state index is 0.0919. The predicted octanol–water partition coefficient (Wildman–Crippen LogP) is 2.31. The van der Waals surface area contributed by atoms with Crippen LogP contribution in [-0.4, -0.2) is 25.0 Å². The summed E-state index contributed by atoms with van der Waals surface area (Å²) in [6.45, 7) is 1.47. The Bertz CT molecular complexity index is 425. The second-order valence-electron chi connectivity index (χ2n) is 5.49. The van der Waals surface area contributed by atoms with E-state index >= 15 is 0 Å². The van der Waals surface area contributed by atoms with Gasteiger partial charge in [-0.2, -0.15) is 0 Å². The van der Waals surface area contributed by atoms with Crippen molar-refractivity contribution in [3.8, 4) is 0 Å². The molecule has 1 saturated carbocycles. The quantitative estimate of drug-likeness (QED) is 0.439. The summed E-state index contributed by atoms with van der Waals surface area (Å²) in [6, 6.07) is 7.79. The van der Waals surface area contributed by atoms with Gasteiger partial charge in [-0.15, -0.1) is 0 Å². The normalized spacial score (nSPS) is 16.6. The van der Waals surface area contributed by atoms with Gasteiger partial charge in [-0.1, -0.05) is 37.8 Å². The Labute approximate surface area is 121 Å². The average Bonchev–Trinajstić information content (AvgIpc) is 2.72. The van der Waals surface area contributed by atoms with Crippen LogP contribution in [0.3, 0.4) is 0 Å². The zero-order valence-corrected chi connectivity index (χ0v) is 12.0. The number of amides is 1. The van der Waals surface area contributed by atoms with E-state index in [-0.39, 0.29) is 5.91 Å². The molecule has 1 aromatic carbocycles. The molecule has 0 saturated heterocycles. The van der Waals surface area contributed by atoms with Gasteiger partial charge in [-0.3, -0.25) is 4.79 Å². The Hall–Kier alpha value is -1.55. The zero-order chi connectivity index (χ0) is 14.2. The molecule has 0 aliphatic heterocycles. The van der Waals surface area contributed by atoms with Crippen LogP contribution in [0.4, 0.5) is 5.69 Å². The van der Waals surface area contributed by atoms with E-state index in [9.17, 15) is 4.79 Å². The van der Waals surface area contributed by atoms with E-state index in [1.165, 1.54) is 38.5 Å². The summed E-state index contributed by atoms with van der Waals surface area (Å²) in [7, 11) is 0. The molecule has 0 aromatic heterocycles. The van der Waals surface area contributed by atoms with Crippen molar-refractivity contribution >= 4 is 11.6 Å². The third-order valence-corrected chi connectivity index (χ3v) is 3.90. The largest absolute Gasteiger partial charge is 0.398 e. The molecular formula is C16H25N3O. The number of para-hydroxylation sites is 1. The minimum Gasteiger partial charge on any atom is -0.398 e. The van der Waals surface area contributed by atoms with E-state index in [2.05, 4.69) is 10.6 Å². The number of benzene rings is 1. The molecule has 4 N–H and O–H groups in total. The number of carbonyl (C=O) groups is 1. The van der Waals surface area contributed by atoms with Crippen molar-refractivity contribution in [1.29, 1.82) is 0 Å². The van der Waals surface area contributed by atoms with Crippen LogP contribution in [0.15, 0.2) is 24.3 Å². The lowest BCUT2D eigenvalue weighted by atomic mass is 10.1. The molecule has 2 rings (SSSR count). The Balaban J connectivity index is 1.68. The molecular weight excluding hydrogens is 250 g/mol. The lowest BCUT2D eigenvalue weighted by molar-refractivity contribution is 0.0954. The van der Waals surface area contributed by atoms with Crippen molar-refractivity contribution in [2.75, 3.05) is 18.8 Å². The summed E-state index contributed by atoms with van der Waals surface area (Å²) in [4.78, 5) is 12.0. The number of hydrogen-bond acceptors (Lipinski definition) is 3. The third-order valence-electron chi connectivity index (χ3n) is 3.90. The average molecular weight is 275 g/mol. The fraction of sp³-hybridized carbons (Fsp3) is 0.562. The monoisotopic (exact) mass is 275 g/mol. The van der Waals surface area contributed by atoms with Gasteiger partial charge in [0.2, 0.25) is 0 Å². The number of nitrogens with two attached hydrogens (primary N) is 1. The Kier molecular flexibility index (Phi) is 5.87. The first-order valence-electron chi connectivity index (χ1n) is 7.63. The number of anilines is 1. The summed E-state index contributed by atoms with van der Waals surface area (Å²) in [5.74, 6) is -0.0919. The maximum absolute atomic E-state index is 12.0. The van der Waals surface area contributed by atoms with Crippen LogP contribution < -0.4 is 16.4 Å². The minimum atomic E-state index is -0.0919. The predicted molar refractivity (Wildman–Crippen MR) is 82.7 cm³/mol. The topological polar surface area (TPSA) is 67.2 Å². The summed E-state index contributed by atoms with van der Waals surface area (Å²) in [6.07, 6.45) is 7.90. The molecule has 0 unspecified atom stereocenters. The highest BCUT2D eigenvalue weighted by Gasteiger charge is 2.11. The molecule has 1 aromatic rings. The Morgan fingerprint density at radius 2 is 1.80 bits per heavy atom. The van der Waals surface area contributed by atoms with E-state index < -0.39 is 0 Å². The van der Waals surface area contributed by atoms with Gasteiger partial charge in [0.25, 0.3) is 5.91 Å². The smallest absolute Gasteiger partial charge is 0.253 e. The van der Waals surface area contributed by atoms with Gasteiger partial charge in [-0.25, -0.2) is 0 Å². The van der Waals surface area contributed by atoms with Crippen LogP contribution >= 0.6 is 0 Å². The molecule has 1 aliphatic carbocycles. The van der Waals surface area contributed by atoms with Crippen molar-refractivity contribution in [2.45, 2.75) is 44.6 Å². The highest BCUT2D eigenvalue weighted by molar-refractivity contribution is 5.99. The lowest BCUT2D eigenvalue weighted by Crippen LogP contribution is -2.37. The van der Waals surface area contributed by atoms with E-state index in [0.29, 0.717) is 23.8 Å². The third kappa shape index (κ3) is 4.53. The van der Waals surface area contributed by atoms with Crippen LogP contribution in [0.2, 0.25) is 0 Å². The van der Waals surface area contributed by atoms with Gasteiger partial charge < -0.3 is 16.4 Å². The molecule has 0 atom stereocenters. The first kappa shape index (κ1) is 14.9. The number of hydrogen-bond donors (Lipinski definition) is 3. The highest BCUT2D eigenvalue weighted by Crippen LogP contribution is 2.16. The van der Waals surface area contributed by atoms with E-state index in [4.69, 9.17) is 5.73 Å². The summed E-state index contributed by atoms with van der Waals surface area (Å²) in [5, 5.41) is 6.45.